The number of aromatic nitrogens is 2. The minimum atomic E-state index is -4.92. The lowest BCUT2D eigenvalue weighted by Gasteiger charge is -2.27. The van der Waals surface area contributed by atoms with Crippen molar-refractivity contribution >= 4 is 34.0 Å². The Hall–Kier alpha value is -4.42. The van der Waals surface area contributed by atoms with Gasteiger partial charge in [0.05, 0.1) is 16.9 Å². The molecule has 1 aliphatic heterocycles. The van der Waals surface area contributed by atoms with Gasteiger partial charge in [0.25, 0.3) is 5.91 Å². The van der Waals surface area contributed by atoms with E-state index in [0.29, 0.717) is 41.8 Å². The maximum Gasteiger partial charge on any atom is 0.419 e. The molecule has 1 aliphatic rings. The highest BCUT2D eigenvalue weighted by atomic mass is 19.4. The van der Waals surface area contributed by atoms with Gasteiger partial charge in [-0.2, -0.15) is 13.2 Å². The number of nitrogens with one attached hydrogen (secondary N) is 2. The summed E-state index contributed by atoms with van der Waals surface area (Å²) in [6, 6.07) is 10.3. The van der Waals surface area contributed by atoms with E-state index in [-0.39, 0.29) is 23.4 Å². The Balaban J connectivity index is 1.39. The molecule has 8 nitrogen and oxygen atoms in total. The number of hydrogen-bond acceptors (Lipinski definition) is 6. The number of aromatic amines is 1. The summed E-state index contributed by atoms with van der Waals surface area (Å²) in [5.74, 6) is 4.29. The lowest BCUT2D eigenvalue weighted by atomic mass is 10.0. The van der Waals surface area contributed by atoms with Crippen molar-refractivity contribution in [1.29, 1.82) is 0 Å². The fourth-order valence-electron chi connectivity index (χ4n) is 5.06. The molecular formula is C30H31F4N7O. The van der Waals surface area contributed by atoms with Crippen molar-refractivity contribution in [1.82, 2.24) is 14.9 Å². The molecule has 0 bridgehead atoms. The van der Waals surface area contributed by atoms with Gasteiger partial charge in [0.2, 0.25) is 0 Å². The number of rotatable bonds is 7. The first-order chi connectivity index (χ1) is 20.0. The number of benzene rings is 2. The van der Waals surface area contributed by atoms with E-state index < -0.39 is 23.5 Å². The third-order valence-electron chi connectivity index (χ3n) is 7.31. The van der Waals surface area contributed by atoms with Crippen molar-refractivity contribution in [2.45, 2.75) is 38.9 Å². The van der Waals surface area contributed by atoms with Gasteiger partial charge in [-0.25, -0.2) is 15.2 Å². The zero-order chi connectivity index (χ0) is 30.0. The van der Waals surface area contributed by atoms with Crippen LogP contribution in [0.4, 0.5) is 28.9 Å². The molecule has 12 heteroatoms. The maximum absolute atomic E-state index is 14.9. The Labute approximate surface area is 240 Å². The van der Waals surface area contributed by atoms with Crippen LogP contribution in [0.1, 0.15) is 51.9 Å². The number of carbonyl (C=O) groups is 1. The molecule has 0 unspecified atom stereocenters. The highest BCUT2D eigenvalue weighted by molar-refractivity contribution is 6.05. The van der Waals surface area contributed by atoms with E-state index in [4.69, 9.17) is 11.6 Å². The van der Waals surface area contributed by atoms with E-state index in [1.54, 1.807) is 25.4 Å². The standard InChI is InChI=1S/C30H31F4N7O/c1-18-5-6-20(13-26(18)41(36)17-25(35)21-11-19-7-8-37-28(19)38-15-21)29(42)39-23-12-22(16-40-9-3-2-4-10-40)27(31)24(14-23)30(32,33)34/h5-8,11-15,17H,2-4,9-10,16,35-36H2,1H3,(H,37,38)(H,39,42)/b25-17-. The Bertz CT molecular complexity index is 1640. The minimum absolute atomic E-state index is 0.0235. The number of amides is 1. The van der Waals surface area contributed by atoms with Gasteiger partial charge in [0.15, 0.2) is 0 Å². The number of piperidine rings is 1. The van der Waals surface area contributed by atoms with Gasteiger partial charge in [-0.1, -0.05) is 12.5 Å². The van der Waals surface area contributed by atoms with E-state index in [9.17, 15) is 22.4 Å². The lowest BCUT2D eigenvalue weighted by Crippen LogP contribution is -2.30. The van der Waals surface area contributed by atoms with Gasteiger partial charge in [-0.05, 0) is 74.8 Å². The van der Waals surface area contributed by atoms with Crippen molar-refractivity contribution in [3.05, 3.63) is 94.7 Å². The average Bonchev–Trinajstić information content (AvgIpc) is 3.43. The van der Waals surface area contributed by atoms with Crippen molar-refractivity contribution in [3.8, 4) is 0 Å². The molecule has 1 amide bonds. The summed E-state index contributed by atoms with van der Waals surface area (Å²) in [5, 5.41) is 4.64. The number of likely N-dealkylation sites (tertiary alicyclic amines) is 1. The zero-order valence-electron chi connectivity index (χ0n) is 22.9. The highest BCUT2D eigenvalue weighted by Gasteiger charge is 2.36. The highest BCUT2D eigenvalue weighted by Crippen LogP contribution is 2.35. The molecular weight excluding hydrogens is 550 g/mol. The first kappa shape index (κ1) is 29.1. The summed E-state index contributed by atoms with van der Waals surface area (Å²) < 4.78 is 56.1. The average molecular weight is 582 g/mol. The molecule has 0 atom stereocenters. The summed E-state index contributed by atoms with van der Waals surface area (Å²) >= 11 is 0. The number of hydrogen-bond donors (Lipinski definition) is 4. The summed E-state index contributed by atoms with van der Waals surface area (Å²) in [5.41, 5.74) is 7.58. The molecule has 0 spiro atoms. The predicted octanol–water partition coefficient (Wildman–Crippen LogP) is 5.90. The molecule has 2 aromatic carbocycles. The minimum Gasteiger partial charge on any atom is -0.397 e. The quantitative estimate of drug-likeness (QED) is 0.123. The number of H-pyrrole nitrogens is 1. The molecule has 42 heavy (non-hydrogen) atoms. The summed E-state index contributed by atoms with van der Waals surface area (Å²) in [6.45, 7) is 3.16. The molecule has 4 aromatic rings. The normalized spacial score (nSPS) is 14.8. The van der Waals surface area contributed by atoms with Crippen molar-refractivity contribution in [3.63, 3.8) is 0 Å². The third-order valence-corrected chi connectivity index (χ3v) is 7.31. The molecule has 3 heterocycles. The van der Waals surface area contributed by atoms with Gasteiger partial charge in [0.1, 0.15) is 11.5 Å². The Kier molecular flexibility index (Phi) is 8.19. The number of carbonyl (C=O) groups excluding carboxylic acids is 1. The van der Waals surface area contributed by atoms with Crippen LogP contribution < -0.4 is 21.9 Å². The molecule has 1 fully saturated rings. The second-order valence-corrected chi connectivity index (χ2v) is 10.4. The van der Waals surface area contributed by atoms with Gasteiger partial charge >= 0.3 is 6.18 Å². The van der Waals surface area contributed by atoms with E-state index in [1.165, 1.54) is 29.4 Å². The second-order valence-electron chi connectivity index (χ2n) is 10.4. The van der Waals surface area contributed by atoms with Crippen LogP contribution in [0.15, 0.2) is 61.1 Å². The monoisotopic (exact) mass is 581 g/mol. The van der Waals surface area contributed by atoms with Crippen LogP contribution in [0.3, 0.4) is 0 Å². The number of pyridine rings is 1. The topological polar surface area (TPSA) is 116 Å². The molecule has 1 saturated heterocycles. The Morgan fingerprint density at radius 2 is 1.88 bits per heavy atom. The third kappa shape index (κ3) is 6.39. The number of alkyl halides is 3. The van der Waals surface area contributed by atoms with Crippen LogP contribution in [-0.4, -0.2) is 33.9 Å². The largest absolute Gasteiger partial charge is 0.419 e. The maximum atomic E-state index is 14.9. The number of aryl methyl sites for hydroxylation is 1. The van der Waals surface area contributed by atoms with Crippen LogP contribution in [0, 0.1) is 12.7 Å². The van der Waals surface area contributed by atoms with Crippen LogP contribution >= 0.6 is 0 Å². The first-order valence-electron chi connectivity index (χ1n) is 13.5. The lowest BCUT2D eigenvalue weighted by molar-refractivity contribution is -0.140. The van der Waals surface area contributed by atoms with E-state index in [0.717, 1.165) is 30.2 Å². The van der Waals surface area contributed by atoms with E-state index >= 15 is 0 Å². The number of hydrazine groups is 1. The first-order valence-corrected chi connectivity index (χ1v) is 13.5. The van der Waals surface area contributed by atoms with Gasteiger partial charge in [0, 0.05) is 52.9 Å². The molecule has 220 valence electrons. The number of fused-ring (bicyclic) bond motifs is 1. The fraction of sp³-hybridized carbons (Fsp3) is 0.267. The fourth-order valence-corrected chi connectivity index (χ4v) is 5.06. The van der Waals surface area contributed by atoms with Crippen LogP contribution in [0.5, 0.6) is 0 Å². The van der Waals surface area contributed by atoms with E-state index in [1.807, 2.05) is 17.0 Å². The van der Waals surface area contributed by atoms with Crippen molar-refractivity contribution in [2.24, 2.45) is 11.6 Å². The summed E-state index contributed by atoms with van der Waals surface area (Å²) in [4.78, 5) is 22.4. The van der Waals surface area contributed by atoms with Gasteiger partial charge in [-0.15, -0.1) is 0 Å². The SMILES string of the molecule is Cc1ccc(C(=O)Nc2cc(CN3CCCCC3)c(F)c(C(F)(F)F)c2)cc1N(N)/C=C(\N)c1cnc2[nH]ccc2c1. The predicted molar refractivity (Wildman–Crippen MR) is 155 cm³/mol. The smallest absolute Gasteiger partial charge is 0.397 e. The molecule has 5 rings (SSSR count). The van der Waals surface area contributed by atoms with Crippen molar-refractivity contribution in [2.75, 3.05) is 23.4 Å². The van der Waals surface area contributed by atoms with Gasteiger partial charge < -0.3 is 16.0 Å². The summed E-state index contributed by atoms with van der Waals surface area (Å²) in [7, 11) is 0. The number of anilines is 2. The van der Waals surface area contributed by atoms with E-state index in [2.05, 4.69) is 15.3 Å². The number of nitrogens with zero attached hydrogens (tertiary/aromatic N) is 3. The molecule has 0 radical (unpaired) electrons. The Morgan fingerprint density at radius 1 is 1.12 bits per heavy atom. The van der Waals surface area contributed by atoms with Crippen LogP contribution in [0.2, 0.25) is 0 Å². The second kappa shape index (κ2) is 11.8. The molecule has 6 N–H and O–H groups in total. The zero-order valence-corrected chi connectivity index (χ0v) is 22.9. The van der Waals surface area contributed by atoms with Gasteiger partial charge in [-0.3, -0.25) is 14.7 Å². The summed E-state index contributed by atoms with van der Waals surface area (Å²) in [6.07, 6.45) is 2.77. The molecule has 0 saturated carbocycles. The van der Waals surface area contributed by atoms with Crippen LogP contribution in [0.25, 0.3) is 16.7 Å². The van der Waals surface area contributed by atoms with Crippen molar-refractivity contribution < 1.29 is 22.4 Å². The number of halogens is 4. The van der Waals surface area contributed by atoms with Crippen LogP contribution in [-0.2, 0) is 12.7 Å². The molecule has 0 aliphatic carbocycles. The Morgan fingerprint density at radius 3 is 2.62 bits per heavy atom. The number of nitrogens with two attached hydrogens (primary N) is 2. The molecule has 2 aromatic heterocycles.